The second-order valence-corrected chi connectivity index (χ2v) is 5.07. The van der Waals surface area contributed by atoms with Gasteiger partial charge in [-0.05, 0) is 30.3 Å². The number of nitrogens with one attached hydrogen (secondary N) is 1. The van der Waals surface area contributed by atoms with Gasteiger partial charge < -0.3 is 15.6 Å². The summed E-state index contributed by atoms with van der Waals surface area (Å²) in [6.07, 6.45) is 1.80. The number of benzene rings is 2. The minimum absolute atomic E-state index is 0.191. The molecule has 0 spiro atoms. The van der Waals surface area contributed by atoms with Crippen LogP contribution in [0.15, 0.2) is 54.7 Å². The molecule has 1 heterocycles. The van der Waals surface area contributed by atoms with Crippen molar-refractivity contribution in [3.05, 3.63) is 65.9 Å². The molecule has 22 heavy (non-hydrogen) atoms. The summed E-state index contributed by atoms with van der Waals surface area (Å²) in [5.41, 5.74) is 7.82. The maximum atomic E-state index is 12.4. The molecule has 5 nitrogen and oxygen atoms in total. The molecule has 0 saturated heterocycles. The Kier molecular flexibility index (Phi) is 3.39. The van der Waals surface area contributed by atoms with E-state index in [0.717, 1.165) is 10.9 Å². The van der Waals surface area contributed by atoms with E-state index in [2.05, 4.69) is 5.32 Å². The van der Waals surface area contributed by atoms with E-state index in [4.69, 9.17) is 5.73 Å². The molecule has 0 aliphatic heterocycles. The number of carbonyl (C=O) groups excluding carboxylic acids is 2. The van der Waals surface area contributed by atoms with Crippen molar-refractivity contribution in [1.82, 2.24) is 4.57 Å². The lowest BCUT2D eigenvalue weighted by molar-refractivity contribution is 0.0998. The number of fused-ring (bicyclic) bond motifs is 1. The fourth-order valence-electron chi connectivity index (χ4n) is 2.44. The Morgan fingerprint density at radius 2 is 1.73 bits per heavy atom. The lowest BCUT2D eigenvalue weighted by atomic mass is 10.1. The molecular formula is C17H15N3O2. The topological polar surface area (TPSA) is 77.1 Å². The average Bonchev–Trinajstić information content (AvgIpc) is 2.86. The van der Waals surface area contributed by atoms with Gasteiger partial charge in [-0.25, -0.2) is 0 Å². The molecule has 2 amide bonds. The summed E-state index contributed by atoms with van der Waals surface area (Å²) in [7, 11) is 1.90. The van der Waals surface area contributed by atoms with Crippen LogP contribution in [-0.2, 0) is 7.05 Å². The summed E-state index contributed by atoms with van der Waals surface area (Å²) < 4.78 is 1.92. The standard InChI is InChI=1S/C17H15N3O2/c1-20-10-14(13-4-2-3-5-15(13)20)17(22)19-12-8-6-11(7-9-12)16(18)21/h2-10H,1H3,(H2,18,21)(H,19,22). The Hall–Kier alpha value is -3.08. The van der Waals surface area contributed by atoms with Crippen LogP contribution >= 0.6 is 0 Å². The zero-order valence-electron chi connectivity index (χ0n) is 12.0. The number of hydrogen-bond acceptors (Lipinski definition) is 2. The van der Waals surface area contributed by atoms with Crippen molar-refractivity contribution in [2.75, 3.05) is 5.32 Å². The molecule has 2 aromatic carbocycles. The number of aromatic nitrogens is 1. The molecule has 0 aliphatic carbocycles. The molecule has 3 N–H and O–H groups in total. The van der Waals surface area contributed by atoms with E-state index in [0.29, 0.717) is 16.8 Å². The predicted octanol–water partition coefficient (Wildman–Crippen LogP) is 2.53. The second kappa shape index (κ2) is 5.37. The van der Waals surface area contributed by atoms with Crippen molar-refractivity contribution in [2.24, 2.45) is 12.8 Å². The largest absolute Gasteiger partial charge is 0.366 e. The number of nitrogens with two attached hydrogens (primary N) is 1. The van der Waals surface area contributed by atoms with Crippen LogP contribution in [0, 0.1) is 0 Å². The molecule has 0 bridgehead atoms. The van der Waals surface area contributed by atoms with Gasteiger partial charge in [0, 0.05) is 35.4 Å². The molecule has 5 heteroatoms. The van der Waals surface area contributed by atoms with E-state index in [1.165, 1.54) is 0 Å². The number of carbonyl (C=O) groups is 2. The maximum absolute atomic E-state index is 12.4. The quantitative estimate of drug-likeness (QED) is 0.778. The molecule has 0 unspecified atom stereocenters. The second-order valence-electron chi connectivity index (χ2n) is 5.07. The minimum Gasteiger partial charge on any atom is -0.366 e. The molecule has 3 rings (SSSR count). The van der Waals surface area contributed by atoms with Gasteiger partial charge in [-0.3, -0.25) is 9.59 Å². The monoisotopic (exact) mass is 293 g/mol. The third kappa shape index (κ3) is 2.44. The zero-order chi connectivity index (χ0) is 15.7. The first-order valence-electron chi connectivity index (χ1n) is 6.81. The summed E-state index contributed by atoms with van der Waals surface area (Å²) in [5, 5.41) is 3.72. The lowest BCUT2D eigenvalue weighted by Crippen LogP contribution is -2.13. The Balaban J connectivity index is 1.89. The summed E-state index contributed by atoms with van der Waals surface area (Å²) in [5.74, 6) is -0.685. The molecular weight excluding hydrogens is 278 g/mol. The number of rotatable bonds is 3. The van der Waals surface area contributed by atoms with Gasteiger partial charge in [-0.15, -0.1) is 0 Å². The van der Waals surface area contributed by atoms with Gasteiger partial charge >= 0.3 is 0 Å². The number of anilines is 1. The highest BCUT2D eigenvalue weighted by molar-refractivity contribution is 6.13. The summed E-state index contributed by atoms with van der Waals surface area (Å²) in [6, 6.07) is 14.2. The van der Waals surface area contributed by atoms with Gasteiger partial charge in [0.1, 0.15) is 0 Å². The van der Waals surface area contributed by atoms with Crippen molar-refractivity contribution in [3.63, 3.8) is 0 Å². The minimum atomic E-state index is -0.494. The van der Waals surface area contributed by atoms with Gasteiger partial charge in [-0.2, -0.15) is 0 Å². The highest BCUT2D eigenvalue weighted by atomic mass is 16.2. The van der Waals surface area contributed by atoms with Gasteiger partial charge in [0.15, 0.2) is 0 Å². The summed E-state index contributed by atoms with van der Waals surface area (Å²) in [6.45, 7) is 0. The van der Waals surface area contributed by atoms with E-state index in [-0.39, 0.29) is 5.91 Å². The number of primary amides is 1. The highest BCUT2D eigenvalue weighted by Crippen LogP contribution is 2.21. The first-order chi connectivity index (χ1) is 10.6. The fraction of sp³-hybridized carbons (Fsp3) is 0.0588. The van der Waals surface area contributed by atoms with Crippen LogP contribution in [0.2, 0.25) is 0 Å². The van der Waals surface area contributed by atoms with Crippen molar-refractivity contribution < 1.29 is 9.59 Å². The van der Waals surface area contributed by atoms with Crippen molar-refractivity contribution in [3.8, 4) is 0 Å². The molecule has 110 valence electrons. The Bertz CT molecular complexity index is 863. The van der Waals surface area contributed by atoms with Crippen LogP contribution in [0.1, 0.15) is 20.7 Å². The Labute approximate surface area is 127 Å². The van der Waals surface area contributed by atoms with Crippen LogP contribution in [0.25, 0.3) is 10.9 Å². The van der Waals surface area contributed by atoms with E-state index in [1.807, 2.05) is 35.9 Å². The Morgan fingerprint density at radius 3 is 2.41 bits per heavy atom. The van der Waals surface area contributed by atoms with Crippen molar-refractivity contribution >= 4 is 28.4 Å². The van der Waals surface area contributed by atoms with Gasteiger partial charge in [-0.1, -0.05) is 18.2 Å². The third-order valence-electron chi connectivity index (χ3n) is 3.57. The van der Waals surface area contributed by atoms with E-state index >= 15 is 0 Å². The molecule has 0 saturated carbocycles. The molecule has 3 aromatic rings. The SMILES string of the molecule is Cn1cc(C(=O)Nc2ccc(C(N)=O)cc2)c2ccccc21. The van der Waals surface area contributed by atoms with Crippen LogP contribution in [0.5, 0.6) is 0 Å². The van der Waals surface area contributed by atoms with Crippen molar-refractivity contribution in [1.29, 1.82) is 0 Å². The van der Waals surface area contributed by atoms with Gasteiger partial charge in [0.05, 0.1) is 5.56 Å². The van der Waals surface area contributed by atoms with Crippen LogP contribution < -0.4 is 11.1 Å². The summed E-state index contributed by atoms with van der Waals surface area (Å²) >= 11 is 0. The smallest absolute Gasteiger partial charge is 0.257 e. The number of nitrogens with zero attached hydrogens (tertiary/aromatic N) is 1. The van der Waals surface area contributed by atoms with Crippen LogP contribution in [0.4, 0.5) is 5.69 Å². The molecule has 1 aromatic heterocycles. The van der Waals surface area contributed by atoms with Gasteiger partial charge in [0.25, 0.3) is 5.91 Å². The van der Waals surface area contributed by atoms with Crippen LogP contribution in [-0.4, -0.2) is 16.4 Å². The maximum Gasteiger partial charge on any atom is 0.257 e. The molecule has 0 atom stereocenters. The predicted molar refractivity (Wildman–Crippen MR) is 85.8 cm³/mol. The molecule has 0 aliphatic rings. The zero-order valence-corrected chi connectivity index (χ0v) is 12.0. The first kappa shape index (κ1) is 13.9. The van der Waals surface area contributed by atoms with Crippen LogP contribution in [0.3, 0.4) is 0 Å². The van der Waals surface area contributed by atoms with E-state index < -0.39 is 5.91 Å². The average molecular weight is 293 g/mol. The third-order valence-corrected chi connectivity index (χ3v) is 3.57. The molecule has 0 fully saturated rings. The Morgan fingerprint density at radius 1 is 1.05 bits per heavy atom. The number of aryl methyl sites for hydroxylation is 1. The first-order valence-corrected chi connectivity index (χ1v) is 6.81. The molecule has 0 radical (unpaired) electrons. The van der Waals surface area contributed by atoms with Crippen molar-refractivity contribution in [2.45, 2.75) is 0 Å². The number of hydrogen-bond donors (Lipinski definition) is 2. The normalized spacial score (nSPS) is 10.6. The number of para-hydroxylation sites is 1. The van der Waals surface area contributed by atoms with E-state index in [1.54, 1.807) is 30.5 Å². The fourth-order valence-corrected chi connectivity index (χ4v) is 2.44. The number of amides is 2. The summed E-state index contributed by atoms with van der Waals surface area (Å²) in [4.78, 5) is 23.5. The van der Waals surface area contributed by atoms with Gasteiger partial charge in [0.2, 0.25) is 5.91 Å². The van der Waals surface area contributed by atoms with E-state index in [9.17, 15) is 9.59 Å². The lowest BCUT2D eigenvalue weighted by Gasteiger charge is -2.05. The highest BCUT2D eigenvalue weighted by Gasteiger charge is 2.13.